The van der Waals surface area contributed by atoms with Crippen LogP contribution in [0.15, 0.2) is 24.3 Å². The van der Waals surface area contributed by atoms with Crippen molar-refractivity contribution in [1.29, 1.82) is 0 Å². The minimum absolute atomic E-state index is 0.122. The maximum Gasteiger partial charge on any atom is 0.350 e. The number of benzene rings is 1. The van der Waals surface area contributed by atoms with Crippen LogP contribution in [0.1, 0.15) is 23.0 Å². The minimum atomic E-state index is -0.428. The van der Waals surface area contributed by atoms with Gasteiger partial charge in [0.1, 0.15) is 4.88 Å². The molecule has 5 heteroatoms. The summed E-state index contributed by atoms with van der Waals surface area (Å²) in [5, 5.41) is 3.63. The van der Waals surface area contributed by atoms with E-state index in [1.807, 2.05) is 24.3 Å². The van der Waals surface area contributed by atoms with Gasteiger partial charge in [-0.3, -0.25) is 4.79 Å². The number of carbonyl (C=O) groups is 2. The van der Waals surface area contributed by atoms with Gasteiger partial charge in [-0.05, 0) is 6.07 Å². The molecule has 1 heterocycles. The highest BCUT2D eigenvalue weighted by atomic mass is 32.1. The first kappa shape index (κ1) is 12.6. The molecule has 0 saturated carbocycles. The third-order valence-corrected chi connectivity index (χ3v) is 3.70. The number of hydrogen-bond acceptors (Lipinski definition) is 4. The summed E-state index contributed by atoms with van der Waals surface area (Å²) in [4.78, 5) is 23.7. The lowest BCUT2D eigenvalue weighted by molar-refractivity contribution is -0.115. The SMILES string of the molecule is CCC(=O)Nc1c(C(=O)OC)sc2ccccc12. The number of rotatable bonds is 3. The van der Waals surface area contributed by atoms with E-state index < -0.39 is 5.97 Å². The molecule has 2 rings (SSSR count). The van der Waals surface area contributed by atoms with Crippen molar-refractivity contribution in [2.45, 2.75) is 13.3 Å². The van der Waals surface area contributed by atoms with E-state index in [2.05, 4.69) is 5.32 Å². The molecule has 1 aromatic carbocycles. The van der Waals surface area contributed by atoms with Gasteiger partial charge in [-0.25, -0.2) is 4.79 Å². The average molecular weight is 263 g/mol. The average Bonchev–Trinajstić information content (AvgIpc) is 2.77. The van der Waals surface area contributed by atoms with E-state index in [0.717, 1.165) is 10.1 Å². The Bertz CT molecular complexity index is 603. The molecule has 0 aliphatic carbocycles. The van der Waals surface area contributed by atoms with Gasteiger partial charge in [0.05, 0.1) is 12.8 Å². The van der Waals surface area contributed by atoms with Crippen molar-refractivity contribution in [3.8, 4) is 0 Å². The van der Waals surface area contributed by atoms with E-state index in [4.69, 9.17) is 4.74 Å². The number of nitrogens with one attached hydrogen (secondary N) is 1. The summed E-state index contributed by atoms with van der Waals surface area (Å²) in [6.07, 6.45) is 0.366. The van der Waals surface area contributed by atoms with Gasteiger partial charge in [0.2, 0.25) is 5.91 Å². The Hall–Kier alpha value is -1.88. The van der Waals surface area contributed by atoms with Crippen molar-refractivity contribution in [1.82, 2.24) is 0 Å². The Balaban J connectivity index is 2.57. The van der Waals surface area contributed by atoms with Crippen LogP contribution < -0.4 is 5.32 Å². The molecule has 18 heavy (non-hydrogen) atoms. The summed E-state index contributed by atoms with van der Waals surface area (Å²) in [5.41, 5.74) is 0.550. The number of methoxy groups -OCH3 is 1. The first-order valence-electron chi connectivity index (χ1n) is 5.57. The van der Waals surface area contributed by atoms with E-state index in [1.54, 1.807) is 6.92 Å². The smallest absolute Gasteiger partial charge is 0.350 e. The zero-order valence-electron chi connectivity index (χ0n) is 10.1. The zero-order valence-corrected chi connectivity index (χ0v) is 11.0. The molecule has 0 atom stereocenters. The van der Waals surface area contributed by atoms with Crippen molar-refractivity contribution in [2.75, 3.05) is 12.4 Å². The molecule has 0 aliphatic rings. The molecule has 4 nitrogen and oxygen atoms in total. The first-order chi connectivity index (χ1) is 8.67. The number of amides is 1. The number of esters is 1. The molecule has 0 radical (unpaired) electrons. The van der Waals surface area contributed by atoms with E-state index in [1.165, 1.54) is 18.4 Å². The van der Waals surface area contributed by atoms with Crippen LogP contribution in [0.2, 0.25) is 0 Å². The highest BCUT2D eigenvalue weighted by molar-refractivity contribution is 7.21. The summed E-state index contributed by atoms with van der Waals surface area (Å²) < 4.78 is 5.69. The number of anilines is 1. The summed E-state index contributed by atoms with van der Waals surface area (Å²) in [6.45, 7) is 1.77. The fourth-order valence-corrected chi connectivity index (χ4v) is 2.71. The Kier molecular flexibility index (Phi) is 3.62. The number of thiophene rings is 1. The van der Waals surface area contributed by atoms with Gasteiger partial charge >= 0.3 is 5.97 Å². The number of ether oxygens (including phenoxy) is 1. The monoisotopic (exact) mass is 263 g/mol. The van der Waals surface area contributed by atoms with E-state index >= 15 is 0 Å². The quantitative estimate of drug-likeness (QED) is 0.866. The van der Waals surface area contributed by atoms with Crippen LogP contribution in [-0.2, 0) is 9.53 Å². The summed E-state index contributed by atoms with van der Waals surface area (Å²) in [7, 11) is 1.33. The predicted molar refractivity (Wildman–Crippen MR) is 72.1 cm³/mol. The van der Waals surface area contributed by atoms with Crippen LogP contribution in [0.4, 0.5) is 5.69 Å². The molecule has 0 aliphatic heterocycles. The molecule has 0 unspecified atom stereocenters. The molecule has 2 aromatic rings. The molecule has 1 amide bonds. The van der Waals surface area contributed by atoms with Crippen molar-refractivity contribution in [3.63, 3.8) is 0 Å². The van der Waals surface area contributed by atoms with Crippen LogP contribution in [0.5, 0.6) is 0 Å². The Morgan fingerprint density at radius 1 is 1.33 bits per heavy atom. The topological polar surface area (TPSA) is 55.4 Å². The molecular formula is C13H13NO3S. The normalized spacial score (nSPS) is 10.3. The lowest BCUT2D eigenvalue weighted by Crippen LogP contribution is -2.12. The standard InChI is InChI=1S/C13H13NO3S/c1-3-10(15)14-11-8-6-4-5-7-9(8)18-12(11)13(16)17-2/h4-7H,3H2,1-2H3,(H,14,15). The van der Waals surface area contributed by atoms with E-state index in [-0.39, 0.29) is 5.91 Å². The third kappa shape index (κ3) is 2.22. The minimum Gasteiger partial charge on any atom is -0.465 e. The molecule has 1 aromatic heterocycles. The summed E-state index contributed by atoms with van der Waals surface area (Å²) in [6, 6.07) is 7.56. The van der Waals surface area contributed by atoms with Crippen LogP contribution >= 0.6 is 11.3 Å². The predicted octanol–water partition coefficient (Wildman–Crippen LogP) is 3.04. The fraction of sp³-hybridized carbons (Fsp3) is 0.231. The maximum absolute atomic E-state index is 11.7. The van der Waals surface area contributed by atoms with Gasteiger partial charge in [-0.15, -0.1) is 11.3 Å². The number of fused-ring (bicyclic) bond motifs is 1. The van der Waals surface area contributed by atoms with Crippen LogP contribution in [0, 0.1) is 0 Å². The van der Waals surface area contributed by atoms with Crippen molar-refractivity contribution < 1.29 is 14.3 Å². The highest BCUT2D eigenvalue weighted by Gasteiger charge is 2.19. The number of carbonyl (C=O) groups excluding carboxylic acids is 2. The lowest BCUT2D eigenvalue weighted by Gasteiger charge is -2.04. The highest BCUT2D eigenvalue weighted by Crippen LogP contribution is 2.36. The van der Waals surface area contributed by atoms with Crippen molar-refractivity contribution in [2.24, 2.45) is 0 Å². The second-order valence-electron chi connectivity index (χ2n) is 3.70. The third-order valence-electron chi connectivity index (χ3n) is 2.55. The van der Waals surface area contributed by atoms with Gasteiger partial charge < -0.3 is 10.1 Å². The molecule has 0 spiro atoms. The lowest BCUT2D eigenvalue weighted by atomic mass is 10.2. The molecule has 94 valence electrons. The largest absolute Gasteiger partial charge is 0.465 e. The van der Waals surface area contributed by atoms with Crippen molar-refractivity contribution in [3.05, 3.63) is 29.1 Å². The van der Waals surface area contributed by atoms with Crippen LogP contribution in [0.25, 0.3) is 10.1 Å². The Morgan fingerprint density at radius 3 is 2.72 bits per heavy atom. The van der Waals surface area contributed by atoms with Gasteiger partial charge in [0, 0.05) is 16.5 Å². The van der Waals surface area contributed by atoms with Gasteiger partial charge in [-0.2, -0.15) is 0 Å². The van der Waals surface area contributed by atoms with Gasteiger partial charge in [0.25, 0.3) is 0 Å². The van der Waals surface area contributed by atoms with Gasteiger partial charge in [-0.1, -0.05) is 25.1 Å². The Morgan fingerprint density at radius 2 is 2.06 bits per heavy atom. The fourth-order valence-electron chi connectivity index (χ4n) is 1.63. The Labute approximate surface area is 109 Å². The molecular weight excluding hydrogens is 250 g/mol. The van der Waals surface area contributed by atoms with Crippen LogP contribution in [0.3, 0.4) is 0 Å². The van der Waals surface area contributed by atoms with Crippen LogP contribution in [-0.4, -0.2) is 19.0 Å². The van der Waals surface area contributed by atoms with E-state index in [0.29, 0.717) is 17.0 Å². The second-order valence-corrected chi connectivity index (χ2v) is 4.75. The summed E-state index contributed by atoms with van der Waals surface area (Å²) >= 11 is 1.32. The molecule has 0 saturated heterocycles. The second kappa shape index (κ2) is 5.18. The first-order valence-corrected chi connectivity index (χ1v) is 6.38. The van der Waals surface area contributed by atoms with Gasteiger partial charge in [0.15, 0.2) is 0 Å². The maximum atomic E-state index is 11.7. The number of hydrogen-bond donors (Lipinski definition) is 1. The molecule has 0 fully saturated rings. The molecule has 0 bridgehead atoms. The van der Waals surface area contributed by atoms with Crippen molar-refractivity contribution >= 4 is 39.0 Å². The molecule has 1 N–H and O–H groups in total. The zero-order chi connectivity index (χ0) is 13.1. The van der Waals surface area contributed by atoms with E-state index in [9.17, 15) is 9.59 Å². The summed E-state index contributed by atoms with van der Waals surface area (Å²) in [5.74, 6) is -0.550.